The summed E-state index contributed by atoms with van der Waals surface area (Å²) in [6, 6.07) is 0. The molecule has 0 radical (unpaired) electrons. The highest BCUT2D eigenvalue weighted by molar-refractivity contribution is 5.44. The van der Waals surface area contributed by atoms with Crippen LogP contribution in [0.2, 0.25) is 0 Å². The molecule has 0 saturated heterocycles. The molecule has 5 aliphatic carbocycles. The van der Waals surface area contributed by atoms with E-state index >= 15 is 0 Å². The topological polar surface area (TPSA) is 58.6 Å². The number of amides is 1. The molecule has 0 bridgehead atoms. The van der Waals surface area contributed by atoms with E-state index in [0.29, 0.717) is 47.5 Å². The van der Waals surface area contributed by atoms with Crippen molar-refractivity contribution in [2.75, 3.05) is 13.7 Å². The van der Waals surface area contributed by atoms with Gasteiger partial charge in [0, 0.05) is 12.5 Å². The molecule has 5 rings (SSSR count). The van der Waals surface area contributed by atoms with E-state index in [4.69, 9.17) is 9.53 Å². The Morgan fingerprint density at radius 2 is 1.77 bits per heavy atom. The van der Waals surface area contributed by atoms with Crippen LogP contribution in [0.1, 0.15) is 113 Å². The highest BCUT2D eigenvalue weighted by Gasteiger charge is 2.67. The summed E-state index contributed by atoms with van der Waals surface area (Å²) in [5, 5.41) is 13.0. The number of nitrogens with one attached hydrogen (secondary N) is 1. The largest absolute Gasteiger partial charge is 0.393 e. The number of aliphatic hydroxyl groups is 1. The van der Waals surface area contributed by atoms with Crippen LogP contribution in [-0.2, 0) is 9.53 Å². The Kier molecular flexibility index (Phi) is 10.0. The van der Waals surface area contributed by atoms with Gasteiger partial charge in [0.2, 0.25) is 6.41 Å². The molecule has 4 nitrogen and oxygen atoms in total. The quantitative estimate of drug-likeness (QED) is 0.184. The monoisotopic (exact) mass is 593 g/mol. The van der Waals surface area contributed by atoms with Crippen LogP contribution in [0, 0.1) is 50.7 Å². The van der Waals surface area contributed by atoms with Crippen molar-refractivity contribution in [3.63, 3.8) is 0 Å². The van der Waals surface area contributed by atoms with Gasteiger partial charge >= 0.3 is 0 Å². The molecular weight excluding hydrogens is 530 g/mol. The first-order valence-corrected chi connectivity index (χ1v) is 17.2. The predicted molar refractivity (Wildman–Crippen MR) is 179 cm³/mol. The van der Waals surface area contributed by atoms with E-state index in [1.807, 2.05) is 6.08 Å². The van der Waals surface area contributed by atoms with Crippen LogP contribution in [-0.4, -0.2) is 37.4 Å². The van der Waals surface area contributed by atoms with Crippen LogP contribution in [0.15, 0.2) is 48.1 Å². The normalized spacial score (nSPS) is 45.3. The second kappa shape index (κ2) is 12.6. The summed E-state index contributed by atoms with van der Waals surface area (Å²) >= 11 is 0. The minimum absolute atomic E-state index is 0.107. The van der Waals surface area contributed by atoms with Crippen LogP contribution in [0.3, 0.4) is 0 Å². The Balaban J connectivity index is 0.000000996. The zero-order valence-electron chi connectivity index (χ0n) is 29.0. The summed E-state index contributed by atoms with van der Waals surface area (Å²) in [5.41, 5.74) is 4.38. The van der Waals surface area contributed by atoms with Crippen LogP contribution >= 0.6 is 0 Å². The summed E-state index contributed by atoms with van der Waals surface area (Å²) in [6.07, 6.45) is 22.8. The lowest BCUT2D eigenvalue weighted by Gasteiger charge is -2.70. The molecule has 10 atom stereocenters. The molecule has 4 fully saturated rings. The number of carbonyl (C=O) groups is 1. The highest BCUT2D eigenvalue weighted by atomic mass is 16.5. The summed E-state index contributed by atoms with van der Waals surface area (Å²) in [6.45, 7) is 24.5. The number of carbonyl (C=O) groups excluding carboxylic acids is 1. The molecule has 9 unspecified atom stereocenters. The van der Waals surface area contributed by atoms with Gasteiger partial charge in [-0.1, -0.05) is 91.0 Å². The summed E-state index contributed by atoms with van der Waals surface area (Å²) < 4.78 is 6.89. The summed E-state index contributed by atoms with van der Waals surface area (Å²) in [7, 11) is 1.56. The molecule has 0 aromatic rings. The maximum atomic E-state index is 10.8. The minimum atomic E-state index is -0.107. The maximum Gasteiger partial charge on any atom is 0.206 e. The van der Waals surface area contributed by atoms with Crippen LogP contribution in [0.5, 0.6) is 0 Å². The van der Waals surface area contributed by atoms with Crippen molar-refractivity contribution in [2.45, 2.75) is 125 Å². The number of rotatable bonds is 6. The summed E-state index contributed by atoms with van der Waals surface area (Å²) in [4.78, 5) is 9.06. The summed E-state index contributed by atoms with van der Waals surface area (Å²) in [5.74, 6) is 2.40. The Bertz CT molecular complexity index is 1120. The average molecular weight is 594 g/mol. The Hall–Kier alpha value is -1.65. The molecule has 242 valence electrons. The molecule has 0 aromatic carbocycles. The van der Waals surface area contributed by atoms with Crippen molar-refractivity contribution in [3.05, 3.63) is 48.1 Å². The average Bonchev–Trinajstić information content (AvgIpc) is 2.95. The van der Waals surface area contributed by atoms with Gasteiger partial charge in [0.05, 0.1) is 18.8 Å². The van der Waals surface area contributed by atoms with Crippen molar-refractivity contribution < 1.29 is 14.6 Å². The van der Waals surface area contributed by atoms with Gasteiger partial charge in [-0.2, -0.15) is 0 Å². The van der Waals surface area contributed by atoms with E-state index < -0.39 is 0 Å². The van der Waals surface area contributed by atoms with Gasteiger partial charge in [0.15, 0.2) is 0 Å². The lowest BCUT2D eigenvalue weighted by Crippen LogP contribution is -2.64. The molecule has 0 heterocycles. The van der Waals surface area contributed by atoms with Gasteiger partial charge in [0.1, 0.15) is 0 Å². The Morgan fingerprint density at radius 1 is 1.07 bits per heavy atom. The standard InChI is InChI=1S/C37H58O2.C2H5NO/c1-10-12-26(13-11-2)24-39-32-23-33(4,5)22-29-28-14-15-31-34(6)18-17-30(38)25(3)27(34)16-19-37(31,9)36(28,8)21-20-35(29,32)7;1-3-2-4/h10-14,25,27,29-32,38H,1,15-24H2,2-9H3;2H,1H3,(H,3,4)/b13-11-,26-12+;/t25?,27?,29?,30?,31?,32?,34?,35?,36-,37?;/m1./s1. The SMILES string of the molecule is C=C/C=C(\C=C/C)COC1CC(C)(C)CC2C3=CCC4C5(C)CCC(O)C(C)C5CCC4(C)[C@]3(C)CCC12C.CNC=O. The molecule has 4 heteroatoms. The first-order valence-electron chi connectivity index (χ1n) is 17.2. The smallest absolute Gasteiger partial charge is 0.206 e. The molecule has 0 aliphatic heterocycles. The van der Waals surface area contributed by atoms with E-state index in [1.165, 1.54) is 50.5 Å². The molecule has 2 N–H and O–H groups in total. The zero-order valence-corrected chi connectivity index (χ0v) is 29.0. The van der Waals surface area contributed by atoms with Gasteiger partial charge in [-0.25, -0.2) is 0 Å². The third-order valence-corrected chi connectivity index (χ3v) is 13.9. The number of allylic oxidation sites excluding steroid dienone is 5. The van der Waals surface area contributed by atoms with Crippen molar-refractivity contribution >= 4 is 6.41 Å². The number of hydrogen-bond donors (Lipinski definition) is 2. The van der Waals surface area contributed by atoms with Crippen LogP contribution in [0.4, 0.5) is 0 Å². The molecule has 0 spiro atoms. The van der Waals surface area contributed by atoms with Crippen molar-refractivity contribution in [3.8, 4) is 0 Å². The molecular formula is C39H63NO3. The third kappa shape index (κ3) is 5.78. The zero-order chi connectivity index (χ0) is 31.8. The van der Waals surface area contributed by atoms with Gasteiger partial charge in [-0.15, -0.1) is 0 Å². The van der Waals surface area contributed by atoms with Crippen LogP contribution in [0.25, 0.3) is 0 Å². The van der Waals surface area contributed by atoms with E-state index in [0.717, 1.165) is 12.8 Å². The second-order valence-corrected chi connectivity index (χ2v) is 16.6. The first-order chi connectivity index (χ1) is 20.2. The molecule has 4 saturated carbocycles. The lowest BCUT2D eigenvalue weighted by molar-refractivity contribution is -0.191. The van der Waals surface area contributed by atoms with E-state index in [-0.39, 0.29) is 28.5 Å². The Morgan fingerprint density at radius 3 is 2.40 bits per heavy atom. The molecule has 0 aromatic heterocycles. The van der Waals surface area contributed by atoms with Crippen molar-refractivity contribution in [1.82, 2.24) is 5.32 Å². The number of fused-ring (bicyclic) bond motifs is 7. The van der Waals surface area contributed by atoms with E-state index in [9.17, 15) is 5.11 Å². The minimum Gasteiger partial charge on any atom is -0.393 e. The van der Waals surface area contributed by atoms with Gasteiger partial charge in [-0.05, 0) is 116 Å². The maximum absolute atomic E-state index is 10.8. The second-order valence-electron chi connectivity index (χ2n) is 16.6. The van der Waals surface area contributed by atoms with Gasteiger partial charge in [0.25, 0.3) is 0 Å². The number of ether oxygens (including phenoxy) is 1. The molecule has 43 heavy (non-hydrogen) atoms. The number of aliphatic hydroxyl groups excluding tert-OH is 1. The fraction of sp³-hybridized carbons (Fsp3) is 0.769. The van der Waals surface area contributed by atoms with Crippen molar-refractivity contribution in [1.29, 1.82) is 0 Å². The fourth-order valence-corrected chi connectivity index (χ4v) is 11.2. The molecule has 1 amide bonds. The van der Waals surface area contributed by atoms with E-state index in [2.05, 4.69) is 91.6 Å². The first kappa shape index (κ1) is 34.2. The number of hydrogen-bond acceptors (Lipinski definition) is 3. The van der Waals surface area contributed by atoms with Crippen LogP contribution < -0.4 is 5.32 Å². The molecule has 5 aliphatic rings. The van der Waals surface area contributed by atoms with Gasteiger partial charge in [-0.3, -0.25) is 4.79 Å². The van der Waals surface area contributed by atoms with Gasteiger partial charge < -0.3 is 15.2 Å². The fourth-order valence-electron chi connectivity index (χ4n) is 11.2. The third-order valence-electron chi connectivity index (χ3n) is 13.9. The lowest BCUT2D eigenvalue weighted by atomic mass is 9.34. The highest BCUT2D eigenvalue weighted by Crippen LogP contribution is 2.74. The van der Waals surface area contributed by atoms with Crippen molar-refractivity contribution in [2.24, 2.45) is 50.7 Å². The van der Waals surface area contributed by atoms with E-state index in [1.54, 1.807) is 12.6 Å². The predicted octanol–water partition coefficient (Wildman–Crippen LogP) is 8.82. The Labute approximate surface area is 263 Å².